The van der Waals surface area contributed by atoms with Crippen molar-refractivity contribution in [3.63, 3.8) is 0 Å². The van der Waals surface area contributed by atoms with Gasteiger partial charge in [0, 0.05) is 45.3 Å². The maximum Gasteiger partial charge on any atom is 0.312 e. The standard InChI is InChI=1S/C17H22N4O8S/c1-28-14-12-13(21(24)25)2-3-15(14)30(26,27)20-6-4-18(5-7-20)16(22)17(23)19-8-10-29-11-9-19/h2-3,12H,4-11H2,1H3. The number of carbonyl (C=O) groups excluding carboxylic acids is 2. The van der Waals surface area contributed by atoms with Crippen LogP contribution < -0.4 is 4.74 Å². The Kier molecular flexibility index (Phi) is 6.53. The molecule has 2 amide bonds. The van der Waals surface area contributed by atoms with Gasteiger partial charge in [-0.15, -0.1) is 0 Å². The predicted molar refractivity (Wildman–Crippen MR) is 102 cm³/mol. The lowest BCUT2D eigenvalue weighted by atomic mass is 10.3. The Morgan fingerprint density at radius 3 is 2.13 bits per heavy atom. The number of amides is 2. The van der Waals surface area contributed by atoms with Gasteiger partial charge in [-0.1, -0.05) is 0 Å². The zero-order chi connectivity index (χ0) is 21.9. The largest absolute Gasteiger partial charge is 0.495 e. The van der Waals surface area contributed by atoms with Crippen LogP contribution in [-0.2, 0) is 24.3 Å². The van der Waals surface area contributed by atoms with Gasteiger partial charge in [0.2, 0.25) is 10.0 Å². The number of carbonyl (C=O) groups is 2. The number of nitro benzene ring substituents is 1. The number of nitro groups is 1. The molecule has 0 unspecified atom stereocenters. The van der Waals surface area contributed by atoms with Crippen molar-refractivity contribution < 1.29 is 32.4 Å². The first kappa shape index (κ1) is 21.9. The van der Waals surface area contributed by atoms with Crippen molar-refractivity contribution in [1.29, 1.82) is 0 Å². The maximum atomic E-state index is 13.0. The van der Waals surface area contributed by atoms with Gasteiger partial charge in [-0.05, 0) is 6.07 Å². The van der Waals surface area contributed by atoms with Gasteiger partial charge < -0.3 is 19.3 Å². The van der Waals surface area contributed by atoms with Gasteiger partial charge in [0.25, 0.3) is 5.69 Å². The smallest absolute Gasteiger partial charge is 0.312 e. The first-order valence-electron chi connectivity index (χ1n) is 9.24. The van der Waals surface area contributed by atoms with E-state index in [1.165, 1.54) is 21.2 Å². The predicted octanol–water partition coefficient (Wildman–Crippen LogP) is -0.705. The van der Waals surface area contributed by atoms with Gasteiger partial charge in [0.1, 0.15) is 10.6 Å². The SMILES string of the molecule is COc1cc([N+](=O)[O-])ccc1S(=O)(=O)N1CCN(C(=O)C(=O)N2CCOCC2)CC1. The van der Waals surface area contributed by atoms with Crippen molar-refractivity contribution in [2.45, 2.75) is 4.90 Å². The van der Waals surface area contributed by atoms with Crippen molar-refractivity contribution in [2.24, 2.45) is 0 Å². The summed E-state index contributed by atoms with van der Waals surface area (Å²) in [6.07, 6.45) is 0. The second-order valence-corrected chi connectivity index (χ2v) is 8.60. The third-order valence-corrected chi connectivity index (χ3v) is 6.92. The number of hydrogen-bond donors (Lipinski definition) is 0. The molecule has 1 aromatic rings. The number of rotatable bonds is 4. The van der Waals surface area contributed by atoms with Gasteiger partial charge in [-0.2, -0.15) is 4.31 Å². The van der Waals surface area contributed by atoms with E-state index in [1.807, 2.05) is 0 Å². The molecule has 0 saturated carbocycles. The minimum atomic E-state index is -4.00. The minimum Gasteiger partial charge on any atom is -0.495 e. The fraction of sp³-hybridized carbons (Fsp3) is 0.529. The molecule has 0 radical (unpaired) electrons. The molecule has 164 valence electrons. The third kappa shape index (κ3) is 4.37. The van der Waals surface area contributed by atoms with E-state index in [1.54, 1.807) is 0 Å². The molecular formula is C17H22N4O8S. The summed E-state index contributed by atoms with van der Waals surface area (Å²) in [6.45, 7) is 1.55. The van der Waals surface area contributed by atoms with Crippen LogP contribution >= 0.6 is 0 Å². The average molecular weight is 442 g/mol. The Balaban J connectivity index is 1.68. The topological polar surface area (TPSA) is 140 Å². The summed E-state index contributed by atoms with van der Waals surface area (Å²) in [4.78, 5) is 37.6. The molecule has 2 aliphatic heterocycles. The van der Waals surface area contributed by atoms with Crippen molar-refractivity contribution in [1.82, 2.24) is 14.1 Å². The van der Waals surface area contributed by atoms with Gasteiger partial charge in [0.05, 0.1) is 31.3 Å². The minimum absolute atomic E-state index is 0.00932. The highest BCUT2D eigenvalue weighted by molar-refractivity contribution is 7.89. The van der Waals surface area contributed by atoms with E-state index in [4.69, 9.17) is 9.47 Å². The van der Waals surface area contributed by atoms with E-state index in [0.29, 0.717) is 26.3 Å². The first-order valence-corrected chi connectivity index (χ1v) is 10.7. The Hall–Kier alpha value is -2.77. The maximum absolute atomic E-state index is 13.0. The molecule has 0 bridgehead atoms. The molecule has 2 saturated heterocycles. The number of morpholine rings is 1. The van der Waals surface area contributed by atoms with E-state index in [-0.39, 0.29) is 42.5 Å². The van der Waals surface area contributed by atoms with E-state index in [0.717, 1.165) is 18.2 Å². The third-order valence-electron chi connectivity index (χ3n) is 4.98. The molecule has 2 fully saturated rings. The van der Waals surface area contributed by atoms with Gasteiger partial charge in [-0.3, -0.25) is 19.7 Å². The quantitative estimate of drug-likeness (QED) is 0.339. The molecule has 0 aliphatic carbocycles. The Labute approximate surface area is 173 Å². The number of ether oxygens (including phenoxy) is 2. The van der Waals surface area contributed by atoms with Crippen LogP contribution in [0.2, 0.25) is 0 Å². The van der Waals surface area contributed by atoms with Gasteiger partial charge in [-0.25, -0.2) is 8.42 Å². The molecule has 0 atom stereocenters. The van der Waals surface area contributed by atoms with Crippen LogP contribution in [-0.4, -0.2) is 98.9 Å². The van der Waals surface area contributed by atoms with Crippen molar-refractivity contribution in [3.8, 4) is 5.75 Å². The number of non-ortho nitro benzene ring substituents is 1. The summed E-state index contributed by atoms with van der Waals surface area (Å²) in [5.41, 5.74) is -0.289. The van der Waals surface area contributed by atoms with Gasteiger partial charge in [0.15, 0.2) is 0 Å². The normalized spacial score (nSPS) is 18.2. The van der Waals surface area contributed by atoms with E-state index < -0.39 is 26.8 Å². The highest BCUT2D eigenvalue weighted by Gasteiger charge is 2.35. The molecule has 13 heteroatoms. The first-order chi connectivity index (χ1) is 14.3. The van der Waals surface area contributed by atoms with E-state index in [2.05, 4.69) is 0 Å². The lowest BCUT2D eigenvalue weighted by Crippen LogP contribution is -2.55. The van der Waals surface area contributed by atoms with Crippen LogP contribution in [0.5, 0.6) is 5.75 Å². The highest BCUT2D eigenvalue weighted by Crippen LogP contribution is 2.31. The second kappa shape index (κ2) is 8.93. The van der Waals surface area contributed by atoms with Crippen molar-refractivity contribution in [2.75, 3.05) is 59.6 Å². The molecular weight excluding hydrogens is 420 g/mol. The number of benzene rings is 1. The number of methoxy groups -OCH3 is 1. The number of nitrogens with zero attached hydrogens (tertiary/aromatic N) is 4. The summed E-state index contributed by atoms with van der Waals surface area (Å²) in [5, 5.41) is 10.9. The fourth-order valence-electron chi connectivity index (χ4n) is 3.29. The van der Waals surface area contributed by atoms with Crippen LogP contribution in [0, 0.1) is 10.1 Å². The molecule has 3 rings (SSSR count). The van der Waals surface area contributed by atoms with E-state index >= 15 is 0 Å². The molecule has 0 spiro atoms. The van der Waals surface area contributed by atoms with Crippen LogP contribution in [0.1, 0.15) is 0 Å². The summed E-state index contributed by atoms with van der Waals surface area (Å²) in [5.74, 6) is -1.42. The zero-order valence-electron chi connectivity index (χ0n) is 16.4. The van der Waals surface area contributed by atoms with Crippen LogP contribution in [0.3, 0.4) is 0 Å². The van der Waals surface area contributed by atoms with Crippen molar-refractivity contribution >= 4 is 27.5 Å². The summed E-state index contributed by atoms with van der Waals surface area (Å²) in [7, 11) is -2.77. The van der Waals surface area contributed by atoms with Crippen LogP contribution in [0.4, 0.5) is 5.69 Å². The molecule has 2 heterocycles. The molecule has 2 aliphatic rings. The lowest BCUT2D eigenvalue weighted by molar-refractivity contribution is -0.385. The molecule has 0 N–H and O–H groups in total. The average Bonchev–Trinajstić information content (AvgIpc) is 2.78. The molecule has 0 aromatic heterocycles. The Morgan fingerprint density at radius 1 is 1.03 bits per heavy atom. The van der Waals surface area contributed by atoms with Crippen LogP contribution in [0.15, 0.2) is 23.1 Å². The summed E-state index contributed by atoms with van der Waals surface area (Å²) < 4.78 is 37.3. The zero-order valence-corrected chi connectivity index (χ0v) is 17.2. The summed E-state index contributed by atoms with van der Waals surface area (Å²) >= 11 is 0. The summed E-state index contributed by atoms with van der Waals surface area (Å²) in [6, 6.07) is 3.27. The van der Waals surface area contributed by atoms with E-state index in [9.17, 15) is 28.1 Å². The molecule has 1 aromatic carbocycles. The van der Waals surface area contributed by atoms with Gasteiger partial charge >= 0.3 is 11.8 Å². The lowest BCUT2D eigenvalue weighted by Gasteiger charge is -2.35. The number of hydrogen-bond acceptors (Lipinski definition) is 8. The molecule has 12 nitrogen and oxygen atoms in total. The fourth-order valence-corrected chi connectivity index (χ4v) is 4.85. The number of sulfonamides is 1. The monoisotopic (exact) mass is 442 g/mol. The van der Waals surface area contributed by atoms with Crippen LogP contribution in [0.25, 0.3) is 0 Å². The second-order valence-electron chi connectivity index (χ2n) is 6.69. The highest BCUT2D eigenvalue weighted by atomic mass is 32.2. The molecule has 30 heavy (non-hydrogen) atoms. The Morgan fingerprint density at radius 2 is 1.60 bits per heavy atom. The Bertz CT molecular complexity index is 937. The number of piperazine rings is 1. The van der Waals surface area contributed by atoms with Crippen molar-refractivity contribution in [3.05, 3.63) is 28.3 Å².